The lowest BCUT2D eigenvalue weighted by atomic mass is 10.2. The first-order chi connectivity index (χ1) is 14.2. The Bertz CT molecular complexity index is 995. The Balaban J connectivity index is 1.94. The quantitative estimate of drug-likeness (QED) is 0.439. The zero-order valence-corrected chi connectivity index (χ0v) is 18.4. The van der Waals surface area contributed by atoms with Crippen LogP contribution in [0.15, 0.2) is 53.2 Å². The predicted molar refractivity (Wildman–Crippen MR) is 120 cm³/mol. The first-order valence-electron chi connectivity index (χ1n) is 9.02. The number of anilines is 1. The standard InChI is InChI=1S/C21H18Cl2F2N2O2S/c1-12(2)11-30-21-26-18(9-13-3-4-14(22)10-17(13)23)19(28)27(21)15-5-7-16(8-6-15)29-20(24)25/h3-10,12,20H,11H2,1-2H3. The number of amides is 1. The third-order valence-electron chi connectivity index (χ3n) is 3.95. The molecular weight excluding hydrogens is 453 g/mol. The number of nitrogens with zero attached hydrogens (tertiary/aromatic N) is 2. The molecule has 30 heavy (non-hydrogen) atoms. The Morgan fingerprint density at radius 1 is 1.17 bits per heavy atom. The van der Waals surface area contributed by atoms with Gasteiger partial charge in [0.25, 0.3) is 5.91 Å². The van der Waals surface area contributed by atoms with E-state index in [4.69, 9.17) is 23.2 Å². The summed E-state index contributed by atoms with van der Waals surface area (Å²) < 4.78 is 29.2. The van der Waals surface area contributed by atoms with Crippen LogP contribution in [0.5, 0.6) is 5.75 Å². The highest BCUT2D eigenvalue weighted by Crippen LogP contribution is 2.32. The van der Waals surface area contributed by atoms with E-state index in [-0.39, 0.29) is 17.4 Å². The number of thioether (sulfide) groups is 1. The molecule has 3 rings (SSSR count). The van der Waals surface area contributed by atoms with Gasteiger partial charge in [0.15, 0.2) is 5.17 Å². The van der Waals surface area contributed by atoms with Crippen molar-refractivity contribution in [3.63, 3.8) is 0 Å². The van der Waals surface area contributed by atoms with Crippen molar-refractivity contribution in [2.24, 2.45) is 10.9 Å². The molecule has 0 fully saturated rings. The van der Waals surface area contributed by atoms with E-state index in [1.165, 1.54) is 28.8 Å². The molecule has 2 aromatic rings. The highest BCUT2D eigenvalue weighted by Gasteiger charge is 2.32. The molecule has 158 valence electrons. The molecule has 0 saturated heterocycles. The van der Waals surface area contributed by atoms with E-state index in [0.29, 0.717) is 32.4 Å². The second kappa shape index (κ2) is 9.81. The van der Waals surface area contributed by atoms with Gasteiger partial charge in [-0.3, -0.25) is 9.69 Å². The van der Waals surface area contributed by atoms with Crippen LogP contribution >= 0.6 is 35.0 Å². The number of amidine groups is 1. The van der Waals surface area contributed by atoms with Crippen molar-refractivity contribution >= 4 is 57.8 Å². The van der Waals surface area contributed by atoms with Gasteiger partial charge >= 0.3 is 6.61 Å². The predicted octanol–water partition coefficient (Wildman–Crippen LogP) is 6.73. The van der Waals surface area contributed by atoms with Crippen molar-refractivity contribution in [2.75, 3.05) is 10.7 Å². The number of rotatable bonds is 6. The van der Waals surface area contributed by atoms with Crippen LogP contribution < -0.4 is 9.64 Å². The monoisotopic (exact) mass is 470 g/mol. The van der Waals surface area contributed by atoms with E-state index in [1.54, 1.807) is 36.4 Å². The fourth-order valence-corrected chi connectivity index (χ4v) is 4.03. The Kier molecular flexibility index (Phi) is 7.39. The summed E-state index contributed by atoms with van der Waals surface area (Å²) in [5.74, 6) is 0.812. The van der Waals surface area contributed by atoms with E-state index in [2.05, 4.69) is 23.6 Å². The molecule has 0 aromatic heterocycles. The maximum atomic E-state index is 13.1. The van der Waals surface area contributed by atoms with Crippen LogP contribution in [-0.2, 0) is 4.79 Å². The zero-order valence-electron chi connectivity index (χ0n) is 16.1. The number of carbonyl (C=O) groups is 1. The minimum atomic E-state index is -2.92. The molecular formula is C21H18Cl2F2N2O2S. The molecule has 0 atom stereocenters. The topological polar surface area (TPSA) is 41.9 Å². The van der Waals surface area contributed by atoms with E-state index in [9.17, 15) is 13.6 Å². The molecule has 0 N–H and O–H groups in total. The number of benzene rings is 2. The van der Waals surface area contributed by atoms with Gasteiger partial charge in [-0.25, -0.2) is 4.99 Å². The maximum Gasteiger partial charge on any atom is 0.387 e. The van der Waals surface area contributed by atoms with Gasteiger partial charge in [-0.05, 0) is 54.0 Å². The molecule has 0 saturated carbocycles. The van der Waals surface area contributed by atoms with Gasteiger partial charge in [0.2, 0.25) is 0 Å². The second-order valence-corrected chi connectivity index (χ2v) is 8.64. The molecule has 4 nitrogen and oxygen atoms in total. The third kappa shape index (κ3) is 5.53. The fraction of sp³-hybridized carbons (Fsp3) is 0.238. The number of aliphatic imine (C=N–C) groups is 1. The van der Waals surface area contributed by atoms with E-state index in [0.717, 1.165) is 5.75 Å². The summed E-state index contributed by atoms with van der Waals surface area (Å²) in [6, 6.07) is 10.8. The third-order valence-corrected chi connectivity index (χ3v) is 5.88. The van der Waals surface area contributed by atoms with Crippen LogP contribution in [0, 0.1) is 5.92 Å². The number of alkyl halides is 2. The summed E-state index contributed by atoms with van der Waals surface area (Å²) >= 11 is 13.6. The van der Waals surface area contributed by atoms with Gasteiger partial charge in [-0.15, -0.1) is 0 Å². The van der Waals surface area contributed by atoms with E-state index < -0.39 is 6.61 Å². The van der Waals surface area contributed by atoms with Crippen LogP contribution in [0.3, 0.4) is 0 Å². The molecule has 1 aliphatic heterocycles. The Morgan fingerprint density at radius 3 is 2.47 bits per heavy atom. The first kappa shape index (κ1) is 22.6. The minimum absolute atomic E-state index is 0.0115. The van der Waals surface area contributed by atoms with Crippen molar-refractivity contribution in [3.8, 4) is 5.75 Å². The maximum absolute atomic E-state index is 13.1. The van der Waals surface area contributed by atoms with Gasteiger partial charge in [0.05, 0.1) is 5.69 Å². The number of carbonyl (C=O) groups excluding carboxylic acids is 1. The van der Waals surface area contributed by atoms with Gasteiger partial charge < -0.3 is 4.74 Å². The number of hydrogen-bond acceptors (Lipinski definition) is 4. The van der Waals surface area contributed by atoms with Crippen LogP contribution in [0.4, 0.5) is 14.5 Å². The lowest BCUT2D eigenvalue weighted by Gasteiger charge is -2.18. The minimum Gasteiger partial charge on any atom is -0.435 e. The molecule has 0 bridgehead atoms. The van der Waals surface area contributed by atoms with Crippen LogP contribution in [0.25, 0.3) is 6.08 Å². The highest BCUT2D eigenvalue weighted by molar-refractivity contribution is 8.14. The van der Waals surface area contributed by atoms with E-state index in [1.807, 2.05) is 0 Å². The van der Waals surface area contributed by atoms with Gasteiger partial charge in [-0.1, -0.05) is 54.9 Å². The fourth-order valence-electron chi connectivity index (χ4n) is 2.60. The highest BCUT2D eigenvalue weighted by atomic mass is 35.5. The summed E-state index contributed by atoms with van der Waals surface area (Å²) in [4.78, 5) is 19.1. The van der Waals surface area contributed by atoms with E-state index >= 15 is 0 Å². The van der Waals surface area contributed by atoms with Crippen LogP contribution in [-0.4, -0.2) is 23.4 Å². The zero-order chi connectivity index (χ0) is 21.8. The first-order valence-corrected chi connectivity index (χ1v) is 10.8. The Hall–Kier alpha value is -2.09. The van der Waals surface area contributed by atoms with Crippen molar-refractivity contribution in [3.05, 3.63) is 63.8 Å². The largest absolute Gasteiger partial charge is 0.435 e. The summed E-state index contributed by atoms with van der Waals surface area (Å²) in [6.07, 6.45) is 1.60. The van der Waals surface area contributed by atoms with Crippen LogP contribution in [0.1, 0.15) is 19.4 Å². The molecule has 1 heterocycles. The molecule has 1 amide bonds. The molecule has 2 aromatic carbocycles. The van der Waals surface area contributed by atoms with Gasteiger partial charge in [0, 0.05) is 15.8 Å². The molecule has 1 aliphatic rings. The molecule has 0 aliphatic carbocycles. The summed E-state index contributed by atoms with van der Waals surface area (Å²) in [7, 11) is 0. The molecule has 0 radical (unpaired) electrons. The average Bonchev–Trinajstić information content (AvgIpc) is 2.98. The summed E-state index contributed by atoms with van der Waals surface area (Å²) in [5.41, 5.74) is 1.34. The normalized spacial score (nSPS) is 15.5. The Morgan fingerprint density at radius 2 is 1.87 bits per heavy atom. The van der Waals surface area contributed by atoms with Crippen molar-refractivity contribution in [1.82, 2.24) is 0 Å². The van der Waals surface area contributed by atoms with Gasteiger partial charge in [0.1, 0.15) is 11.4 Å². The number of halogens is 4. The number of hydrogen-bond donors (Lipinski definition) is 0. The van der Waals surface area contributed by atoms with Crippen LogP contribution in [0.2, 0.25) is 10.0 Å². The second-order valence-electron chi connectivity index (χ2n) is 6.81. The lowest BCUT2D eigenvalue weighted by Crippen LogP contribution is -2.30. The Labute approximate surface area is 187 Å². The lowest BCUT2D eigenvalue weighted by molar-refractivity contribution is -0.113. The summed E-state index contributed by atoms with van der Waals surface area (Å²) in [5, 5.41) is 1.40. The number of ether oxygens (including phenoxy) is 1. The molecule has 0 unspecified atom stereocenters. The van der Waals surface area contributed by atoms with Crippen molar-refractivity contribution in [2.45, 2.75) is 20.5 Å². The van der Waals surface area contributed by atoms with Crippen molar-refractivity contribution in [1.29, 1.82) is 0 Å². The van der Waals surface area contributed by atoms with Crippen molar-refractivity contribution < 1.29 is 18.3 Å². The SMILES string of the molecule is CC(C)CSC1=NC(=Cc2ccc(Cl)cc2Cl)C(=O)N1c1ccc(OC(F)F)cc1. The van der Waals surface area contributed by atoms with Gasteiger partial charge in [-0.2, -0.15) is 8.78 Å². The molecule has 9 heteroatoms. The summed E-state index contributed by atoms with van der Waals surface area (Å²) in [6.45, 7) is 1.21. The smallest absolute Gasteiger partial charge is 0.387 e. The molecule has 0 spiro atoms. The average molecular weight is 471 g/mol.